The van der Waals surface area contributed by atoms with Crippen LogP contribution in [0.5, 0.6) is 0 Å². The van der Waals surface area contributed by atoms with Crippen LogP contribution in [0.25, 0.3) is 22.4 Å². The average Bonchev–Trinajstić information content (AvgIpc) is 2.84. The molecule has 1 aromatic carbocycles. The van der Waals surface area contributed by atoms with Crippen LogP contribution in [0.1, 0.15) is 10.4 Å². The molecule has 0 unspecified atom stereocenters. The maximum atomic E-state index is 12.5. The summed E-state index contributed by atoms with van der Waals surface area (Å²) in [6.07, 6.45) is 3.53. The first-order valence-corrected chi connectivity index (χ1v) is 10.3. The number of nitrogens with one attached hydrogen (secondary N) is 1. The van der Waals surface area contributed by atoms with E-state index in [9.17, 15) is 9.59 Å². The molecule has 0 aliphatic carbocycles. The van der Waals surface area contributed by atoms with Gasteiger partial charge in [-0.15, -0.1) is 0 Å². The molecule has 8 heteroatoms. The number of hydrogen-bond donors (Lipinski definition) is 1. The standard InChI is InChI=1S/C24H24N4O4/c1-31-24(30)20-13-21(18-6-4-17(5-7-18)19-3-2-8-25-15-19)26-22(14-20)27-23(29)16-28-9-11-32-12-10-28/h2-8,13-15H,9-12,16H2,1H3,(H,26,27,29). The third-order valence-corrected chi connectivity index (χ3v) is 5.16. The van der Waals surface area contributed by atoms with Crippen LogP contribution < -0.4 is 5.32 Å². The fourth-order valence-corrected chi connectivity index (χ4v) is 3.49. The molecule has 4 rings (SSSR count). The number of methoxy groups -OCH3 is 1. The predicted molar refractivity (Wildman–Crippen MR) is 120 cm³/mol. The monoisotopic (exact) mass is 432 g/mol. The van der Waals surface area contributed by atoms with Gasteiger partial charge in [-0.1, -0.05) is 30.3 Å². The lowest BCUT2D eigenvalue weighted by Crippen LogP contribution is -2.41. The molecule has 0 radical (unpaired) electrons. The van der Waals surface area contributed by atoms with E-state index in [2.05, 4.69) is 15.3 Å². The van der Waals surface area contributed by atoms with Crippen LogP contribution in [0, 0.1) is 0 Å². The van der Waals surface area contributed by atoms with Gasteiger partial charge in [0, 0.05) is 31.0 Å². The summed E-state index contributed by atoms with van der Waals surface area (Å²) in [5.41, 5.74) is 3.71. The van der Waals surface area contributed by atoms with Crippen molar-refractivity contribution >= 4 is 17.7 Å². The summed E-state index contributed by atoms with van der Waals surface area (Å²) in [6, 6.07) is 14.8. The SMILES string of the molecule is COC(=O)c1cc(NC(=O)CN2CCOCC2)nc(-c2ccc(-c3cccnc3)cc2)c1. The first-order chi connectivity index (χ1) is 15.6. The number of amides is 1. The molecule has 0 bridgehead atoms. The van der Waals surface area contributed by atoms with Crippen molar-refractivity contribution in [3.05, 3.63) is 66.5 Å². The Kier molecular flexibility index (Phi) is 6.84. The second-order valence-corrected chi connectivity index (χ2v) is 7.37. The smallest absolute Gasteiger partial charge is 0.338 e. The average molecular weight is 432 g/mol. The Morgan fingerprint density at radius 2 is 1.81 bits per heavy atom. The summed E-state index contributed by atoms with van der Waals surface area (Å²) in [5.74, 6) is -0.388. The van der Waals surface area contributed by atoms with Crippen LogP contribution >= 0.6 is 0 Å². The van der Waals surface area contributed by atoms with Gasteiger partial charge in [-0.2, -0.15) is 0 Å². The number of carbonyl (C=O) groups excluding carboxylic acids is 2. The quantitative estimate of drug-likeness (QED) is 0.599. The minimum atomic E-state index is -0.496. The number of anilines is 1. The van der Waals surface area contributed by atoms with Crippen molar-refractivity contribution in [2.45, 2.75) is 0 Å². The predicted octanol–water partition coefficient (Wildman–Crippen LogP) is 2.87. The maximum absolute atomic E-state index is 12.5. The van der Waals surface area contributed by atoms with Crippen molar-refractivity contribution in [1.29, 1.82) is 0 Å². The zero-order valence-corrected chi connectivity index (χ0v) is 17.8. The molecule has 0 saturated carbocycles. The van der Waals surface area contributed by atoms with E-state index in [0.717, 1.165) is 16.7 Å². The molecule has 1 saturated heterocycles. The Morgan fingerprint density at radius 1 is 1.06 bits per heavy atom. The molecule has 3 heterocycles. The van der Waals surface area contributed by atoms with Gasteiger partial charge in [0.15, 0.2) is 0 Å². The van der Waals surface area contributed by atoms with Crippen molar-refractivity contribution in [2.24, 2.45) is 0 Å². The van der Waals surface area contributed by atoms with Crippen LogP contribution in [-0.4, -0.2) is 66.7 Å². The second kappa shape index (κ2) is 10.1. The van der Waals surface area contributed by atoms with Gasteiger partial charge in [-0.3, -0.25) is 14.7 Å². The van der Waals surface area contributed by atoms with Crippen molar-refractivity contribution < 1.29 is 19.1 Å². The summed E-state index contributed by atoms with van der Waals surface area (Å²) < 4.78 is 10.2. The highest BCUT2D eigenvalue weighted by Gasteiger charge is 2.17. The molecule has 8 nitrogen and oxygen atoms in total. The molecule has 1 aliphatic heterocycles. The number of carbonyl (C=O) groups is 2. The minimum Gasteiger partial charge on any atom is -0.465 e. The normalized spacial score (nSPS) is 14.0. The lowest BCUT2D eigenvalue weighted by Gasteiger charge is -2.25. The second-order valence-electron chi connectivity index (χ2n) is 7.37. The summed E-state index contributed by atoms with van der Waals surface area (Å²) in [4.78, 5) is 35.4. The molecule has 0 spiro atoms. The van der Waals surface area contributed by atoms with E-state index in [1.165, 1.54) is 13.2 Å². The molecule has 1 N–H and O–H groups in total. The number of hydrogen-bond acceptors (Lipinski definition) is 7. The Bertz CT molecular complexity index is 1080. The zero-order chi connectivity index (χ0) is 22.3. The van der Waals surface area contributed by atoms with Gasteiger partial charge >= 0.3 is 5.97 Å². The highest BCUT2D eigenvalue weighted by molar-refractivity contribution is 5.95. The van der Waals surface area contributed by atoms with Crippen LogP contribution in [0.3, 0.4) is 0 Å². The van der Waals surface area contributed by atoms with Gasteiger partial charge in [-0.05, 0) is 29.3 Å². The molecule has 1 fully saturated rings. The number of esters is 1. The van der Waals surface area contributed by atoms with Crippen LogP contribution in [0.15, 0.2) is 60.9 Å². The maximum Gasteiger partial charge on any atom is 0.338 e. The van der Waals surface area contributed by atoms with Crippen LogP contribution in [-0.2, 0) is 14.3 Å². The molecule has 1 amide bonds. The first-order valence-electron chi connectivity index (χ1n) is 10.3. The topological polar surface area (TPSA) is 93.7 Å². The third-order valence-electron chi connectivity index (χ3n) is 5.16. The van der Waals surface area contributed by atoms with E-state index in [0.29, 0.717) is 43.4 Å². The van der Waals surface area contributed by atoms with Gasteiger partial charge < -0.3 is 14.8 Å². The first kappa shape index (κ1) is 21.6. The van der Waals surface area contributed by atoms with Gasteiger partial charge in [0.1, 0.15) is 5.82 Å². The van der Waals surface area contributed by atoms with E-state index in [1.54, 1.807) is 18.5 Å². The molecule has 32 heavy (non-hydrogen) atoms. The molecule has 1 aliphatic rings. The lowest BCUT2D eigenvalue weighted by molar-refractivity contribution is -0.118. The van der Waals surface area contributed by atoms with Gasteiger partial charge in [0.05, 0.1) is 38.1 Å². The molecule has 3 aromatic rings. The van der Waals surface area contributed by atoms with Crippen LogP contribution in [0.2, 0.25) is 0 Å². The third kappa shape index (κ3) is 5.35. The Hall–Kier alpha value is -3.62. The summed E-state index contributed by atoms with van der Waals surface area (Å²) in [7, 11) is 1.32. The number of aromatic nitrogens is 2. The Morgan fingerprint density at radius 3 is 2.50 bits per heavy atom. The number of ether oxygens (including phenoxy) is 2. The highest BCUT2D eigenvalue weighted by Crippen LogP contribution is 2.25. The molecule has 2 aromatic heterocycles. The van der Waals surface area contributed by atoms with Crippen molar-refractivity contribution in [1.82, 2.24) is 14.9 Å². The lowest BCUT2D eigenvalue weighted by atomic mass is 10.0. The van der Waals surface area contributed by atoms with Crippen molar-refractivity contribution in [2.75, 3.05) is 45.3 Å². The van der Waals surface area contributed by atoms with Crippen molar-refractivity contribution in [3.8, 4) is 22.4 Å². The fraction of sp³-hybridized carbons (Fsp3) is 0.250. The van der Waals surface area contributed by atoms with E-state index in [1.807, 2.05) is 41.3 Å². The van der Waals surface area contributed by atoms with E-state index in [-0.39, 0.29) is 12.5 Å². The van der Waals surface area contributed by atoms with Crippen LogP contribution in [0.4, 0.5) is 5.82 Å². The molecular weight excluding hydrogens is 408 g/mol. The van der Waals surface area contributed by atoms with Gasteiger partial charge in [0.2, 0.25) is 5.91 Å². The number of morpholine rings is 1. The van der Waals surface area contributed by atoms with E-state index >= 15 is 0 Å². The number of rotatable bonds is 6. The molecule has 164 valence electrons. The Balaban J connectivity index is 1.57. The molecular formula is C24H24N4O4. The minimum absolute atomic E-state index is 0.195. The fourth-order valence-electron chi connectivity index (χ4n) is 3.49. The Labute approximate surface area is 186 Å². The summed E-state index contributed by atoms with van der Waals surface area (Å²) in [6.45, 7) is 2.88. The van der Waals surface area contributed by atoms with E-state index in [4.69, 9.17) is 9.47 Å². The summed E-state index contributed by atoms with van der Waals surface area (Å²) >= 11 is 0. The number of benzene rings is 1. The highest BCUT2D eigenvalue weighted by atomic mass is 16.5. The van der Waals surface area contributed by atoms with E-state index < -0.39 is 5.97 Å². The van der Waals surface area contributed by atoms with Gasteiger partial charge in [-0.25, -0.2) is 9.78 Å². The zero-order valence-electron chi connectivity index (χ0n) is 17.8. The van der Waals surface area contributed by atoms with Gasteiger partial charge in [0.25, 0.3) is 0 Å². The molecule has 0 atom stereocenters. The largest absolute Gasteiger partial charge is 0.465 e. The summed E-state index contributed by atoms with van der Waals surface area (Å²) in [5, 5.41) is 2.81. The number of nitrogens with zero attached hydrogens (tertiary/aromatic N) is 3. The van der Waals surface area contributed by atoms with Crippen molar-refractivity contribution in [3.63, 3.8) is 0 Å². The number of pyridine rings is 2.